The van der Waals surface area contributed by atoms with Gasteiger partial charge in [0.2, 0.25) is 0 Å². The van der Waals surface area contributed by atoms with Gasteiger partial charge in [-0.1, -0.05) is 38.4 Å². The fraction of sp³-hybridized carbons (Fsp3) is 0.500. The molecule has 17 heavy (non-hydrogen) atoms. The summed E-state index contributed by atoms with van der Waals surface area (Å²) in [5.41, 5.74) is 1.57. The number of hydrogen-bond acceptors (Lipinski definition) is 2. The summed E-state index contributed by atoms with van der Waals surface area (Å²) in [6.45, 7) is 8.65. The molecule has 0 saturated carbocycles. The Morgan fingerprint density at radius 3 is 2.41 bits per heavy atom. The average molecular weight is 254 g/mol. The summed E-state index contributed by atoms with van der Waals surface area (Å²) in [7, 11) is 1.98. The lowest BCUT2D eigenvalue weighted by Gasteiger charge is -2.37. The summed E-state index contributed by atoms with van der Waals surface area (Å²) in [6, 6.07) is 5.68. The molecule has 0 saturated heterocycles. The fourth-order valence-corrected chi connectivity index (χ4v) is 2.09. The standard InChI is InChI=1S/C14H20ClNO/c1-10(14(2,3)4)16(5)13-11(9-17)7-6-8-12(13)15/h6-10H,1-5H3. The summed E-state index contributed by atoms with van der Waals surface area (Å²) < 4.78 is 0. The number of hydrogen-bond donors (Lipinski definition) is 0. The predicted octanol–water partition coefficient (Wildman–Crippen LogP) is 4.02. The Kier molecular flexibility index (Phi) is 4.21. The molecule has 1 rings (SSSR count). The van der Waals surface area contributed by atoms with Gasteiger partial charge in [0.05, 0.1) is 10.7 Å². The first kappa shape index (κ1) is 14.0. The molecule has 0 aromatic heterocycles. The number of carbonyl (C=O) groups excluding carboxylic acids is 1. The number of nitrogens with zero attached hydrogens (tertiary/aromatic N) is 1. The maximum atomic E-state index is 11.1. The lowest BCUT2D eigenvalue weighted by Crippen LogP contribution is -2.40. The van der Waals surface area contributed by atoms with Gasteiger partial charge in [0.1, 0.15) is 0 Å². The molecule has 0 amide bonds. The van der Waals surface area contributed by atoms with Crippen molar-refractivity contribution in [1.82, 2.24) is 0 Å². The first-order valence-corrected chi connectivity index (χ1v) is 6.13. The van der Waals surface area contributed by atoms with Crippen LogP contribution in [0, 0.1) is 5.41 Å². The Morgan fingerprint density at radius 2 is 1.94 bits per heavy atom. The number of benzene rings is 1. The molecule has 0 fully saturated rings. The minimum Gasteiger partial charge on any atom is -0.370 e. The van der Waals surface area contributed by atoms with Gasteiger partial charge < -0.3 is 4.90 Å². The molecule has 0 heterocycles. The third-order valence-corrected chi connectivity index (χ3v) is 3.64. The highest BCUT2D eigenvalue weighted by Crippen LogP contribution is 2.33. The van der Waals surface area contributed by atoms with E-state index in [1.165, 1.54) is 0 Å². The highest BCUT2D eigenvalue weighted by molar-refractivity contribution is 6.33. The second kappa shape index (κ2) is 5.09. The van der Waals surface area contributed by atoms with E-state index in [0.29, 0.717) is 10.6 Å². The number of aldehydes is 1. The van der Waals surface area contributed by atoms with Gasteiger partial charge in [0.15, 0.2) is 6.29 Å². The fourth-order valence-electron chi connectivity index (χ4n) is 1.77. The van der Waals surface area contributed by atoms with Crippen molar-refractivity contribution in [1.29, 1.82) is 0 Å². The van der Waals surface area contributed by atoms with Gasteiger partial charge >= 0.3 is 0 Å². The molecule has 94 valence electrons. The maximum Gasteiger partial charge on any atom is 0.152 e. The van der Waals surface area contributed by atoms with Crippen LogP contribution < -0.4 is 4.90 Å². The number of para-hydroxylation sites is 1. The quantitative estimate of drug-likeness (QED) is 0.759. The summed E-state index contributed by atoms with van der Waals surface area (Å²) in [6.07, 6.45) is 0.854. The first-order valence-electron chi connectivity index (χ1n) is 5.75. The van der Waals surface area contributed by atoms with Gasteiger partial charge in [0, 0.05) is 18.7 Å². The van der Waals surface area contributed by atoms with Gasteiger partial charge in [-0.3, -0.25) is 4.79 Å². The molecule has 1 unspecified atom stereocenters. The van der Waals surface area contributed by atoms with E-state index < -0.39 is 0 Å². The van der Waals surface area contributed by atoms with Crippen LogP contribution in [0.2, 0.25) is 5.02 Å². The van der Waals surface area contributed by atoms with E-state index in [1.54, 1.807) is 12.1 Å². The average Bonchev–Trinajstić information content (AvgIpc) is 2.25. The van der Waals surface area contributed by atoms with Crippen LogP contribution in [0.15, 0.2) is 18.2 Å². The summed E-state index contributed by atoms with van der Waals surface area (Å²) >= 11 is 6.20. The van der Waals surface area contributed by atoms with E-state index in [1.807, 2.05) is 13.1 Å². The number of rotatable bonds is 3. The van der Waals surface area contributed by atoms with E-state index in [2.05, 4.69) is 32.6 Å². The topological polar surface area (TPSA) is 20.3 Å². The van der Waals surface area contributed by atoms with Crippen molar-refractivity contribution in [2.24, 2.45) is 5.41 Å². The smallest absolute Gasteiger partial charge is 0.152 e. The molecule has 1 aromatic rings. The van der Waals surface area contributed by atoms with E-state index in [9.17, 15) is 4.79 Å². The molecule has 0 bridgehead atoms. The van der Waals surface area contributed by atoms with Crippen molar-refractivity contribution in [3.63, 3.8) is 0 Å². The highest BCUT2D eigenvalue weighted by Gasteiger charge is 2.26. The molecule has 3 heteroatoms. The minimum absolute atomic E-state index is 0.119. The first-order chi connectivity index (χ1) is 7.79. The zero-order valence-electron chi connectivity index (χ0n) is 11.1. The molecule has 0 aliphatic heterocycles. The largest absolute Gasteiger partial charge is 0.370 e. The van der Waals surface area contributed by atoms with Gasteiger partial charge in [-0.2, -0.15) is 0 Å². The van der Waals surface area contributed by atoms with Gasteiger partial charge in [-0.15, -0.1) is 0 Å². The second-order valence-electron chi connectivity index (χ2n) is 5.45. The maximum absolute atomic E-state index is 11.1. The van der Waals surface area contributed by atoms with Crippen molar-refractivity contribution in [2.75, 3.05) is 11.9 Å². The van der Waals surface area contributed by atoms with Crippen LogP contribution in [0.4, 0.5) is 5.69 Å². The molecular weight excluding hydrogens is 234 g/mol. The molecule has 0 aliphatic carbocycles. The van der Waals surface area contributed by atoms with E-state index in [4.69, 9.17) is 11.6 Å². The summed E-state index contributed by atoms with van der Waals surface area (Å²) in [5.74, 6) is 0. The van der Waals surface area contributed by atoms with Crippen LogP contribution in [0.25, 0.3) is 0 Å². The van der Waals surface area contributed by atoms with Crippen LogP contribution in [0.3, 0.4) is 0 Å². The summed E-state index contributed by atoms with van der Waals surface area (Å²) in [4.78, 5) is 13.1. The zero-order chi connectivity index (χ0) is 13.2. The van der Waals surface area contributed by atoms with Crippen molar-refractivity contribution in [2.45, 2.75) is 33.7 Å². The highest BCUT2D eigenvalue weighted by atomic mass is 35.5. The monoisotopic (exact) mass is 253 g/mol. The van der Waals surface area contributed by atoms with Crippen molar-refractivity contribution < 1.29 is 4.79 Å². The normalized spacial score (nSPS) is 13.3. The Bertz CT molecular complexity index is 409. The van der Waals surface area contributed by atoms with E-state index >= 15 is 0 Å². The molecular formula is C14H20ClNO. The Hall–Kier alpha value is -1.02. The molecule has 0 aliphatic rings. The Labute approximate surface area is 109 Å². The number of carbonyl (C=O) groups is 1. The number of halogens is 1. The van der Waals surface area contributed by atoms with Crippen LogP contribution in [-0.2, 0) is 0 Å². The SMILES string of the molecule is CC(N(C)c1c(Cl)cccc1C=O)C(C)(C)C. The van der Waals surface area contributed by atoms with Crippen molar-refractivity contribution >= 4 is 23.6 Å². The van der Waals surface area contributed by atoms with Gasteiger partial charge in [-0.25, -0.2) is 0 Å². The molecule has 0 N–H and O–H groups in total. The van der Waals surface area contributed by atoms with Gasteiger partial charge in [-0.05, 0) is 24.5 Å². The molecule has 0 spiro atoms. The molecule has 1 atom stereocenters. The second-order valence-corrected chi connectivity index (χ2v) is 5.86. The van der Waals surface area contributed by atoms with Crippen LogP contribution in [0.5, 0.6) is 0 Å². The van der Waals surface area contributed by atoms with E-state index in [0.717, 1.165) is 12.0 Å². The predicted molar refractivity (Wildman–Crippen MR) is 74.2 cm³/mol. The van der Waals surface area contributed by atoms with E-state index in [-0.39, 0.29) is 11.5 Å². The lowest BCUT2D eigenvalue weighted by molar-refractivity contribution is 0.112. The third-order valence-electron chi connectivity index (χ3n) is 3.33. The Morgan fingerprint density at radius 1 is 1.35 bits per heavy atom. The number of anilines is 1. The summed E-state index contributed by atoms with van der Waals surface area (Å²) in [5, 5.41) is 0.619. The zero-order valence-corrected chi connectivity index (χ0v) is 11.9. The van der Waals surface area contributed by atoms with Crippen molar-refractivity contribution in [3.8, 4) is 0 Å². The van der Waals surface area contributed by atoms with Crippen LogP contribution in [0.1, 0.15) is 38.1 Å². The van der Waals surface area contributed by atoms with Crippen LogP contribution >= 0.6 is 11.6 Å². The molecule has 1 aromatic carbocycles. The minimum atomic E-state index is 0.119. The lowest BCUT2D eigenvalue weighted by atomic mass is 9.86. The van der Waals surface area contributed by atoms with Gasteiger partial charge in [0.25, 0.3) is 0 Å². The van der Waals surface area contributed by atoms with Crippen LogP contribution in [-0.4, -0.2) is 19.4 Å². The molecule has 2 nitrogen and oxygen atoms in total. The van der Waals surface area contributed by atoms with Crippen molar-refractivity contribution in [3.05, 3.63) is 28.8 Å². The molecule has 0 radical (unpaired) electrons. The Balaban J connectivity index is 3.20. The third kappa shape index (κ3) is 3.01.